The lowest BCUT2D eigenvalue weighted by Gasteiger charge is -2.09. The predicted molar refractivity (Wildman–Crippen MR) is 83.3 cm³/mol. The summed E-state index contributed by atoms with van der Waals surface area (Å²) in [5.41, 5.74) is 0.566. The number of sulfonamides is 1. The second kappa shape index (κ2) is 5.84. The molecule has 0 unspecified atom stereocenters. The molecule has 112 valence electrons. The van der Waals surface area contributed by atoms with Crippen molar-refractivity contribution in [3.63, 3.8) is 0 Å². The second-order valence-electron chi connectivity index (χ2n) is 4.12. The van der Waals surface area contributed by atoms with Gasteiger partial charge < -0.3 is 5.11 Å². The smallest absolute Gasteiger partial charge is 0.347 e. The predicted octanol–water partition coefficient (Wildman–Crippen LogP) is 3.86. The summed E-state index contributed by atoms with van der Waals surface area (Å²) in [7, 11) is -4.03. The summed E-state index contributed by atoms with van der Waals surface area (Å²) in [5.74, 6) is -1.29. The highest BCUT2D eigenvalue weighted by atomic mass is 35.5. The van der Waals surface area contributed by atoms with Crippen LogP contribution in [-0.2, 0) is 10.0 Å². The Morgan fingerprint density at radius 2 is 1.95 bits per heavy atom. The fourth-order valence-corrected chi connectivity index (χ4v) is 4.66. The average molecular weight is 366 g/mol. The molecule has 2 aromatic rings. The van der Waals surface area contributed by atoms with Crippen molar-refractivity contribution in [2.45, 2.75) is 11.8 Å². The molecule has 1 aromatic heterocycles. The molecule has 2 N–H and O–H groups in total. The minimum absolute atomic E-state index is 0.192. The third-order valence-corrected chi connectivity index (χ3v) is 6.07. The van der Waals surface area contributed by atoms with E-state index in [1.807, 2.05) is 0 Å². The first kappa shape index (κ1) is 16.1. The van der Waals surface area contributed by atoms with Crippen LogP contribution in [0.4, 0.5) is 5.69 Å². The van der Waals surface area contributed by atoms with Crippen LogP contribution in [0.15, 0.2) is 28.5 Å². The van der Waals surface area contributed by atoms with E-state index in [-0.39, 0.29) is 25.5 Å². The molecule has 0 fully saturated rings. The Hall–Kier alpha value is -1.28. The number of rotatable bonds is 4. The highest BCUT2D eigenvalue weighted by molar-refractivity contribution is 7.93. The van der Waals surface area contributed by atoms with Crippen molar-refractivity contribution in [2.75, 3.05) is 4.72 Å². The number of hydrogen-bond acceptors (Lipinski definition) is 4. The molecule has 0 atom stereocenters. The molecule has 0 saturated heterocycles. The number of benzene rings is 1. The van der Waals surface area contributed by atoms with Gasteiger partial charge in [-0.05, 0) is 36.1 Å². The van der Waals surface area contributed by atoms with E-state index in [1.165, 1.54) is 30.5 Å². The molecule has 0 radical (unpaired) electrons. The van der Waals surface area contributed by atoms with Gasteiger partial charge >= 0.3 is 5.97 Å². The molecule has 0 spiro atoms. The van der Waals surface area contributed by atoms with Crippen molar-refractivity contribution < 1.29 is 18.3 Å². The Kier molecular flexibility index (Phi) is 4.48. The molecule has 2 rings (SSSR count). The van der Waals surface area contributed by atoms with Gasteiger partial charge in [0.1, 0.15) is 9.77 Å². The van der Waals surface area contributed by atoms with Crippen LogP contribution in [-0.4, -0.2) is 19.5 Å². The van der Waals surface area contributed by atoms with E-state index >= 15 is 0 Å². The normalized spacial score (nSPS) is 11.4. The number of aryl methyl sites for hydroxylation is 1. The Labute approximate surface area is 135 Å². The van der Waals surface area contributed by atoms with Crippen molar-refractivity contribution in [3.05, 3.63) is 44.1 Å². The standard InChI is InChI=1S/C12H9Cl2NO4S2/c1-6-5-20-10(12(16)17)11(6)21(18,19)15-7-2-3-8(13)9(14)4-7/h2-5,15H,1H3,(H,16,17). The van der Waals surface area contributed by atoms with Gasteiger partial charge in [-0.2, -0.15) is 0 Å². The number of hydrogen-bond donors (Lipinski definition) is 2. The average Bonchev–Trinajstić information content (AvgIpc) is 2.76. The molecule has 9 heteroatoms. The SMILES string of the molecule is Cc1csc(C(=O)O)c1S(=O)(=O)Nc1ccc(Cl)c(Cl)c1. The van der Waals surface area contributed by atoms with Gasteiger partial charge in [-0.15, -0.1) is 11.3 Å². The fraction of sp³-hybridized carbons (Fsp3) is 0.0833. The van der Waals surface area contributed by atoms with E-state index in [9.17, 15) is 13.2 Å². The number of halogens is 2. The summed E-state index contributed by atoms with van der Waals surface area (Å²) in [6.07, 6.45) is 0. The van der Waals surface area contributed by atoms with Crippen molar-refractivity contribution in [1.29, 1.82) is 0 Å². The number of carboxylic acids is 1. The number of carbonyl (C=O) groups is 1. The van der Waals surface area contributed by atoms with Crippen LogP contribution in [0.25, 0.3) is 0 Å². The van der Waals surface area contributed by atoms with E-state index in [0.29, 0.717) is 5.56 Å². The first-order valence-electron chi connectivity index (χ1n) is 5.51. The van der Waals surface area contributed by atoms with Crippen LogP contribution in [0.5, 0.6) is 0 Å². The first-order valence-corrected chi connectivity index (χ1v) is 8.63. The molecular formula is C12H9Cl2NO4S2. The summed E-state index contributed by atoms with van der Waals surface area (Å²) in [6, 6.07) is 4.23. The van der Waals surface area contributed by atoms with Crippen LogP contribution in [0.2, 0.25) is 10.0 Å². The molecule has 0 aliphatic carbocycles. The lowest BCUT2D eigenvalue weighted by molar-refractivity contribution is 0.0698. The molecule has 0 bridgehead atoms. The monoisotopic (exact) mass is 365 g/mol. The van der Waals surface area contributed by atoms with Gasteiger partial charge in [0, 0.05) is 0 Å². The highest BCUT2D eigenvalue weighted by Crippen LogP contribution is 2.30. The van der Waals surface area contributed by atoms with E-state index in [2.05, 4.69) is 4.72 Å². The Balaban J connectivity index is 2.45. The maximum atomic E-state index is 12.4. The largest absolute Gasteiger partial charge is 0.477 e. The number of thiophene rings is 1. The van der Waals surface area contributed by atoms with Crippen molar-refractivity contribution in [2.24, 2.45) is 0 Å². The lowest BCUT2D eigenvalue weighted by atomic mass is 10.3. The van der Waals surface area contributed by atoms with Gasteiger partial charge in [0.25, 0.3) is 10.0 Å². The van der Waals surface area contributed by atoms with Crippen molar-refractivity contribution >= 4 is 56.2 Å². The van der Waals surface area contributed by atoms with Crippen molar-refractivity contribution in [1.82, 2.24) is 0 Å². The van der Waals surface area contributed by atoms with E-state index in [1.54, 1.807) is 0 Å². The minimum atomic E-state index is -4.03. The Morgan fingerprint density at radius 3 is 2.52 bits per heavy atom. The van der Waals surface area contributed by atoms with Gasteiger partial charge in [-0.3, -0.25) is 4.72 Å². The van der Waals surface area contributed by atoms with Gasteiger partial charge in [-0.1, -0.05) is 23.2 Å². The van der Waals surface area contributed by atoms with E-state index in [4.69, 9.17) is 28.3 Å². The number of anilines is 1. The van der Waals surface area contributed by atoms with Gasteiger partial charge in [-0.25, -0.2) is 13.2 Å². The van der Waals surface area contributed by atoms with Gasteiger partial charge in [0.15, 0.2) is 0 Å². The minimum Gasteiger partial charge on any atom is -0.477 e. The number of aromatic carboxylic acids is 1. The summed E-state index contributed by atoms with van der Waals surface area (Å²) in [6.45, 7) is 1.53. The van der Waals surface area contributed by atoms with Crippen LogP contribution in [0.1, 0.15) is 15.2 Å². The molecule has 1 aromatic carbocycles. The second-order valence-corrected chi connectivity index (χ2v) is 7.43. The summed E-state index contributed by atoms with van der Waals surface area (Å²) < 4.78 is 27.0. The van der Waals surface area contributed by atoms with Gasteiger partial charge in [0.05, 0.1) is 15.7 Å². The number of carboxylic acid groups (broad SMARTS) is 1. The summed E-state index contributed by atoms with van der Waals surface area (Å²) >= 11 is 12.4. The Morgan fingerprint density at radius 1 is 1.29 bits per heavy atom. The van der Waals surface area contributed by atoms with Crippen LogP contribution in [0, 0.1) is 6.92 Å². The Bertz CT molecular complexity index is 815. The maximum Gasteiger partial charge on any atom is 0.347 e. The zero-order valence-electron chi connectivity index (χ0n) is 10.6. The molecular weight excluding hydrogens is 357 g/mol. The molecule has 21 heavy (non-hydrogen) atoms. The van der Waals surface area contributed by atoms with Crippen LogP contribution in [0.3, 0.4) is 0 Å². The van der Waals surface area contributed by atoms with E-state index < -0.39 is 16.0 Å². The molecule has 0 aliphatic heterocycles. The molecule has 0 saturated carbocycles. The topological polar surface area (TPSA) is 83.5 Å². The molecule has 0 aliphatic rings. The lowest BCUT2D eigenvalue weighted by Crippen LogP contribution is -2.16. The van der Waals surface area contributed by atoms with E-state index in [0.717, 1.165) is 11.3 Å². The summed E-state index contributed by atoms with van der Waals surface area (Å²) in [5, 5.41) is 11.0. The molecule has 0 amide bonds. The fourth-order valence-electron chi connectivity index (χ4n) is 1.68. The van der Waals surface area contributed by atoms with Gasteiger partial charge in [0.2, 0.25) is 0 Å². The molecule has 1 heterocycles. The van der Waals surface area contributed by atoms with Crippen LogP contribution < -0.4 is 4.72 Å². The zero-order chi connectivity index (χ0) is 15.8. The first-order chi connectivity index (χ1) is 9.72. The van der Waals surface area contributed by atoms with Crippen LogP contribution >= 0.6 is 34.5 Å². The molecule has 5 nitrogen and oxygen atoms in total. The number of nitrogens with one attached hydrogen (secondary N) is 1. The third-order valence-electron chi connectivity index (χ3n) is 2.55. The maximum absolute atomic E-state index is 12.4. The quantitative estimate of drug-likeness (QED) is 0.861. The van der Waals surface area contributed by atoms with Crippen molar-refractivity contribution in [3.8, 4) is 0 Å². The third kappa shape index (κ3) is 3.32. The summed E-state index contributed by atoms with van der Waals surface area (Å²) in [4.78, 5) is 10.6. The zero-order valence-corrected chi connectivity index (χ0v) is 13.7. The highest BCUT2D eigenvalue weighted by Gasteiger charge is 2.27.